The van der Waals surface area contributed by atoms with E-state index < -0.39 is 0 Å². The van der Waals surface area contributed by atoms with Crippen LogP contribution < -0.4 is 5.73 Å². The van der Waals surface area contributed by atoms with Gasteiger partial charge in [-0.3, -0.25) is 4.98 Å². The summed E-state index contributed by atoms with van der Waals surface area (Å²) in [5, 5.41) is 4.90. The number of rotatable bonds is 2. The molecule has 0 bridgehead atoms. The zero-order chi connectivity index (χ0) is 12.5. The summed E-state index contributed by atoms with van der Waals surface area (Å²) < 4.78 is 5.24. The number of fused-ring (bicyclic) bond motifs is 1. The molecule has 5 nitrogen and oxygen atoms in total. The Morgan fingerprint density at radius 3 is 2.83 bits per heavy atom. The molecule has 0 aliphatic rings. The number of nitrogens with two attached hydrogens (primary N) is 1. The fourth-order valence-electron chi connectivity index (χ4n) is 1.81. The number of para-hydroxylation sites is 1. The molecule has 0 aliphatic heterocycles. The van der Waals surface area contributed by atoms with E-state index in [0.717, 1.165) is 16.5 Å². The Morgan fingerprint density at radius 1 is 1.22 bits per heavy atom. The first-order valence-corrected chi connectivity index (χ1v) is 5.69. The van der Waals surface area contributed by atoms with Gasteiger partial charge in [-0.15, -0.1) is 0 Å². The maximum atomic E-state index is 5.72. The van der Waals surface area contributed by atoms with Crippen molar-refractivity contribution in [1.82, 2.24) is 15.1 Å². The quantitative estimate of drug-likeness (QED) is 0.743. The van der Waals surface area contributed by atoms with Crippen LogP contribution in [0.25, 0.3) is 22.4 Å². The summed E-state index contributed by atoms with van der Waals surface area (Å²) in [4.78, 5) is 8.64. The van der Waals surface area contributed by atoms with E-state index in [4.69, 9.17) is 10.3 Å². The Hall–Kier alpha value is -2.27. The van der Waals surface area contributed by atoms with Gasteiger partial charge in [-0.1, -0.05) is 23.4 Å². The summed E-state index contributed by atoms with van der Waals surface area (Å²) in [5.41, 5.74) is 7.39. The van der Waals surface area contributed by atoms with E-state index >= 15 is 0 Å². The molecule has 2 heterocycles. The SMILES string of the molecule is CC(N)c1noc(-c2cccc3cccnc23)n1. The molecular weight excluding hydrogens is 228 g/mol. The van der Waals surface area contributed by atoms with Crippen LogP contribution in [0.4, 0.5) is 0 Å². The van der Waals surface area contributed by atoms with E-state index in [9.17, 15) is 0 Å². The van der Waals surface area contributed by atoms with Crippen molar-refractivity contribution < 1.29 is 4.52 Å². The fourth-order valence-corrected chi connectivity index (χ4v) is 1.81. The smallest absolute Gasteiger partial charge is 0.260 e. The van der Waals surface area contributed by atoms with Crippen molar-refractivity contribution in [3.8, 4) is 11.5 Å². The number of pyridine rings is 1. The third kappa shape index (κ3) is 1.74. The third-order valence-electron chi connectivity index (χ3n) is 2.71. The molecule has 1 unspecified atom stereocenters. The minimum absolute atomic E-state index is 0.245. The molecule has 18 heavy (non-hydrogen) atoms. The van der Waals surface area contributed by atoms with Gasteiger partial charge in [-0.25, -0.2) is 0 Å². The fraction of sp³-hybridized carbons (Fsp3) is 0.154. The van der Waals surface area contributed by atoms with Crippen LogP contribution in [0.1, 0.15) is 18.8 Å². The first-order chi connectivity index (χ1) is 8.75. The van der Waals surface area contributed by atoms with Crippen molar-refractivity contribution >= 4 is 10.9 Å². The number of aromatic nitrogens is 3. The van der Waals surface area contributed by atoms with Gasteiger partial charge in [0.15, 0.2) is 5.82 Å². The predicted molar refractivity (Wildman–Crippen MR) is 67.6 cm³/mol. The van der Waals surface area contributed by atoms with E-state index in [1.54, 1.807) is 6.20 Å². The normalized spacial score (nSPS) is 12.8. The van der Waals surface area contributed by atoms with Crippen molar-refractivity contribution in [3.63, 3.8) is 0 Å². The highest BCUT2D eigenvalue weighted by Gasteiger charge is 2.14. The van der Waals surface area contributed by atoms with Crippen molar-refractivity contribution in [1.29, 1.82) is 0 Å². The number of benzene rings is 1. The highest BCUT2D eigenvalue weighted by atomic mass is 16.5. The van der Waals surface area contributed by atoms with Gasteiger partial charge < -0.3 is 10.3 Å². The maximum Gasteiger partial charge on any atom is 0.260 e. The second kappa shape index (κ2) is 4.19. The molecule has 0 amide bonds. The van der Waals surface area contributed by atoms with Gasteiger partial charge in [0, 0.05) is 11.6 Å². The summed E-state index contributed by atoms with van der Waals surface area (Å²) in [6.45, 7) is 1.82. The zero-order valence-electron chi connectivity index (χ0n) is 9.87. The van der Waals surface area contributed by atoms with Crippen LogP contribution in [-0.4, -0.2) is 15.1 Å². The molecule has 5 heteroatoms. The minimum atomic E-state index is -0.245. The topological polar surface area (TPSA) is 77.8 Å². The van der Waals surface area contributed by atoms with E-state index in [2.05, 4.69) is 15.1 Å². The zero-order valence-corrected chi connectivity index (χ0v) is 9.87. The van der Waals surface area contributed by atoms with Gasteiger partial charge in [0.05, 0.1) is 17.1 Å². The lowest BCUT2D eigenvalue weighted by Crippen LogP contribution is -2.06. The summed E-state index contributed by atoms with van der Waals surface area (Å²) in [7, 11) is 0. The molecule has 3 aromatic rings. The average molecular weight is 240 g/mol. The molecule has 90 valence electrons. The first-order valence-electron chi connectivity index (χ1n) is 5.69. The van der Waals surface area contributed by atoms with E-state index in [1.807, 2.05) is 37.3 Å². The van der Waals surface area contributed by atoms with Crippen LogP contribution in [0.15, 0.2) is 41.1 Å². The van der Waals surface area contributed by atoms with Gasteiger partial charge in [-0.2, -0.15) is 4.98 Å². The van der Waals surface area contributed by atoms with E-state index in [1.165, 1.54) is 0 Å². The molecule has 0 saturated carbocycles. The highest BCUT2D eigenvalue weighted by molar-refractivity contribution is 5.91. The lowest BCUT2D eigenvalue weighted by Gasteiger charge is -2.00. The van der Waals surface area contributed by atoms with Crippen LogP contribution in [0.5, 0.6) is 0 Å². The largest absolute Gasteiger partial charge is 0.334 e. The number of nitrogens with zero attached hydrogens (tertiary/aromatic N) is 3. The van der Waals surface area contributed by atoms with Crippen molar-refractivity contribution in [2.24, 2.45) is 5.73 Å². The summed E-state index contributed by atoms with van der Waals surface area (Å²) in [5.74, 6) is 0.949. The standard InChI is InChI=1S/C13H12N4O/c1-8(14)12-16-13(18-17-12)10-6-2-4-9-5-3-7-15-11(9)10/h2-8H,14H2,1H3. The Kier molecular flexibility index (Phi) is 2.53. The molecule has 0 radical (unpaired) electrons. The van der Waals surface area contributed by atoms with Crippen molar-refractivity contribution in [2.45, 2.75) is 13.0 Å². The molecule has 1 aromatic carbocycles. The van der Waals surface area contributed by atoms with Gasteiger partial charge in [-0.05, 0) is 19.1 Å². The highest BCUT2D eigenvalue weighted by Crippen LogP contribution is 2.25. The summed E-state index contributed by atoms with van der Waals surface area (Å²) >= 11 is 0. The van der Waals surface area contributed by atoms with Gasteiger partial charge in [0.1, 0.15) is 0 Å². The maximum absolute atomic E-state index is 5.72. The number of hydrogen-bond acceptors (Lipinski definition) is 5. The molecule has 0 aliphatic carbocycles. The van der Waals surface area contributed by atoms with Gasteiger partial charge in [0.25, 0.3) is 5.89 Å². The molecule has 3 rings (SSSR count). The van der Waals surface area contributed by atoms with E-state index in [0.29, 0.717) is 11.7 Å². The first kappa shape index (κ1) is 10.9. The molecule has 0 spiro atoms. The van der Waals surface area contributed by atoms with Crippen LogP contribution in [-0.2, 0) is 0 Å². The van der Waals surface area contributed by atoms with Gasteiger partial charge >= 0.3 is 0 Å². The average Bonchev–Trinajstić information content (AvgIpc) is 2.87. The lowest BCUT2D eigenvalue weighted by atomic mass is 10.1. The molecule has 0 fully saturated rings. The summed E-state index contributed by atoms with van der Waals surface area (Å²) in [6.07, 6.45) is 1.74. The van der Waals surface area contributed by atoms with Crippen molar-refractivity contribution in [3.05, 3.63) is 42.4 Å². The molecular formula is C13H12N4O. The molecule has 2 aromatic heterocycles. The van der Waals surface area contributed by atoms with Gasteiger partial charge in [0.2, 0.25) is 0 Å². The third-order valence-corrected chi connectivity index (χ3v) is 2.71. The second-order valence-corrected chi connectivity index (χ2v) is 4.13. The minimum Gasteiger partial charge on any atom is -0.334 e. The molecule has 1 atom stereocenters. The van der Waals surface area contributed by atoms with Crippen molar-refractivity contribution in [2.75, 3.05) is 0 Å². The van der Waals surface area contributed by atoms with Crippen LogP contribution >= 0.6 is 0 Å². The Morgan fingerprint density at radius 2 is 2.06 bits per heavy atom. The Bertz CT molecular complexity index is 685. The second-order valence-electron chi connectivity index (χ2n) is 4.13. The Balaban J connectivity index is 2.18. The monoisotopic (exact) mass is 240 g/mol. The van der Waals surface area contributed by atoms with Crippen LogP contribution in [0, 0.1) is 0 Å². The lowest BCUT2D eigenvalue weighted by molar-refractivity contribution is 0.418. The van der Waals surface area contributed by atoms with E-state index in [-0.39, 0.29) is 6.04 Å². The van der Waals surface area contributed by atoms with Crippen LogP contribution in [0.2, 0.25) is 0 Å². The number of hydrogen-bond donors (Lipinski definition) is 1. The Labute approximate surface area is 104 Å². The predicted octanol–water partition coefficient (Wildman–Crippen LogP) is 2.30. The molecule has 0 saturated heterocycles. The van der Waals surface area contributed by atoms with Crippen LogP contribution in [0.3, 0.4) is 0 Å². The molecule has 2 N–H and O–H groups in total. The summed E-state index contributed by atoms with van der Waals surface area (Å²) in [6, 6.07) is 9.49.